The van der Waals surface area contributed by atoms with Crippen molar-refractivity contribution >= 4 is 40.8 Å². The molecule has 1 atom stereocenters. The Hall–Kier alpha value is -3.78. The highest BCUT2D eigenvalue weighted by molar-refractivity contribution is 6.31. The monoisotopic (exact) mass is 517 g/mol. The second-order valence-electron chi connectivity index (χ2n) is 9.64. The summed E-state index contributed by atoms with van der Waals surface area (Å²) in [4.78, 5) is 49.9. The van der Waals surface area contributed by atoms with Gasteiger partial charge in [-0.05, 0) is 73.6 Å². The van der Waals surface area contributed by atoms with E-state index in [-0.39, 0.29) is 29.6 Å². The summed E-state index contributed by atoms with van der Waals surface area (Å²) in [5.74, 6) is 0.155. The van der Waals surface area contributed by atoms with E-state index in [4.69, 9.17) is 11.6 Å². The van der Waals surface area contributed by atoms with E-state index in [0.717, 1.165) is 31.2 Å². The van der Waals surface area contributed by atoms with E-state index in [0.29, 0.717) is 35.1 Å². The van der Waals surface area contributed by atoms with Crippen molar-refractivity contribution in [1.82, 2.24) is 14.9 Å². The van der Waals surface area contributed by atoms with Gasteiger partial charge in [-0.2, -0.15) is 0 Å². The maximum atomic E-state index is 13.7. The smallest absolute Gasteiger partial charge is 0.256 e. The molecule has 0 radical (unpaired) electrons. The van der Waals surface area contributed by atoms with Gasteiger partial charge in [-0.15, -0.1) is 0 Å². The molecule has 0 spiro atoms. The summed E-state index contributed by atoms with van der Waals surface area (Å²) in [6.45, 7) is 0.438. The van der Waals surface area contributed by atoms with Crippen LogP contribution in [-0.2, 0) is 16.0 Å². The average Bonchev–Trinajstić information content (AvgIpc) is 3.00. The molecule has 3 heterocycles. The fraction of sp³-hybridized carbons (Fsp3) is 0.321. The third kappa shape index (κ3) is 5.80. The van der Waals surface area contributed by atoms with Crippen molar-refractivity contribution in [1.29, 1.82) is 0 Å². The minimum Gasteiger partial charge on any atom is -0.326 e. The highest BCUT2D eigenvalue weighted by atomic mass is 35.5. The number of pyridine rings is 2. The van der Waals surface area contributed by atoms with E-state index >= 15 is 0 Å². The van der Waals surface area contributed by atoms with Crippen LogP contribution in [0.2, 0.25) is 5.02 Å². The lowest BCUT2D eigenvalue weighted by Gasteiger charge is -2.35. The van der Waals surface area contributed by atoms with E-state index < -0.39 is 6.04 Å². The Balaban J connectivity index is 1.31. The molecule has 0 unspecified atom stereocenters. The molecule has 3 amide bonds. The molecule has 3 aromatic rings. The largest absolute Gasteiger partial charge is 0.326 e. The van der Waals surface area contributed by atoms with Crippen LogP contribution in [0.1, 0.15) is 41.6 Å². The van der Waals surface area contributed by atoms with E-state index in [1.807, 2.05) is 18.2 Å². The molecule has 1 aromatic carbocycles. The first-order valence-corrected chi connectivity index (χ1v) is 12.9. The van der Waals surface area contributed by atoms with Crippen LogP contribution in [0.15, 0.2) is 67.1 Å². The van der Waals surface area contributed by atoms with Crippen LogP contribution in [0.25, 0.3) is 0 Å². The van der Waals surface area contributed by atoms with E-state index in [1.54, 1.807) is 53.8 Å². The maximum absolute atomic E-state index is 13.7. The van der Waals surface area contributed by atoms with Gasteiger partial charge < -0.3 is 15.5 Å². The maximum Gasteiger partial charge on any atom is 0.256 e. The average molecular weight is 518 g/mol. The van der Waals surface area contributed by atoms with Crippen molar-refractivity contribution in [3.63, 3.8) is 0 Å². The first kappa shape index (κ1) is 24.9. The summed E-state index contributed by atoms with van der Waals surface area (Å²) in [5.41, 5.74) is 1.73. The molecule has 1 fully saturated rings. The summed E-state index contributed by atoms with van der Waals surface area (Å²) in [7, 11) is 0. The Kier molecular flexibility index (Phi) is 7.46. The number of aromatic nitrogens is 2. The quantitative estimate of drug-likeness (QED) is 0.498. The zero-order valence-corrected chi connectivity index (χ0v) is 21.0. The predicted molar refractivity (Wildman–Crippen MR) is 141 cm³/mol. The van der Waals surface area contributed by atoms with E-state index in [9.17, 15) is 14.4 Å². The number of halogens is 1. The summed E-state index contributed by atoms with van der Waals surface area (Å²) < 4.78 is 0. The van der Waals surface area contributed by atoms with Gasteiger partial charge in [0.25, 0.3) is 5.91 Å². The minimum absolute atomic E-state index is 0.0253. The Morgan fingerprint density at radius 1 is 1.05 bits per heavy atom. The van der Waals surface area contributed by atoms with Gasteiger partial charge in [-0.1, -0.05) is 23.7 Å². The Labute approximate surface area is 220 Å². The van der Waals surface area contributed by atoms with Gasteiger partial charge in [-0.25, -0.2) is 4.98 Å². The van der Waals surface area contributed by atoms with E-state index in [1.165, 1.54) is 0 Å². The molecule has 1 aliphatic heterocycles. The fourth-order valence-electron chi connectivity index (χ4n) is 5.17. The summed E-state index contributed by atoms with van der Waals surface area (Å²) >= 11 is 6.15. The molecule has 1 saturated carbocycles. The SMILES string of the molecule is O=C1Nc2cc(Cl)ccc2C(=O)N(C[C@H]2CC[C@H](C(=O)Nc3ccccn3)CC2)[C@@H]1Cc1cccnc1. The van der Waals surface area contributed by atoms with Crippen molar-refractivity contribution in [3.05, 3.63) is 83.3 Å². The number of rotatable bonds is 6. The number of fused-ring (bicyclic) bond motifs is 1. The Bertz CT molecular complexity index is 1280. The Morgan fingerprint density at radius 3 is 2.62 bits per heavy atom. The molecule has 8 nitrogen and oxygen atoms in total. The van der Waals surface area contributed by atoms with Crippen molar-refractivity contribution in [3.8, 4) is 0 Å². The normalized spacial score (nSPS) is 21.5. The summed E-state index contributed by atoms with van der Waals surface area (Å²) in [5, 5.41) is 6.26. The predicted octanol–water partition coefficient (Wildman–Crippen LogP) is 4.58. The number of carbonyl (C=O) groups is 3. The zero-order chi connectivity index (χ0) is 25.8. The van der Waals surface area contributed by atoms with Gasteiger partial charge in [0.2, 0.25) is 11.8 Å². The number of hydrogen-bond donors (Lipinski definition) is 2. The second-order valence-corrected chi connectivity index (χ2v) is 10.1. The van der Waals surface area contributed by atoms with Gasteiger partial charge in [0.15, 0.2) is 0 Å². The molecular weight excluding hydrogens is 490 g/mol. The van der Waals surface area contributed by atoms with Gasteiger partial charge in [0.1, 0.15) is 11.9 Å². The molecule has 0 bridgehead atoms. The Morgan fingerprint density at radius 2 is 1.89 bits per heavy atom. The molecule has 2 aliphatic rings. The minimum atomic E-state index is -0.687. The molecular formula is C28H28ClN5O3. The standard InChI is InChI=1S/C28H28ClN5O3/c29-21-10-11-22-23(15-21)32-27(36)24(14-19-4-3-12-30-16-19)34(28(22)37)17-18-6-8-20(9-7-18)26(35)33-25-5-1-2-13-31-25/h1-5,10-13,15-16,18,20,24H,6-9,14,17H2,(H,32,36)(H,31,33,35)/t18-,20-,24-/m1/s1. The lowest BCUT2D eigenvalue weighted by atomic mass is 9.81. The molecule has 37 heavy (non-hydrogen) atoms. The van der Waals surface area contributed by atoms with Gasteiger partial charge in [-0.3, -0.25) is 19.4 Å². The molecule has 5 rings (SSSR count). The molecule has 2 N–H and O–H groups in total. The topological polar surface area (TPSA) is 104 Å². The van der Waals surface area contributed by atoms with Gasteiger partial charge in [0.05, 0.1) is 11.3 Å². The third-order valence-corrected chi connectivity index (χ3v) is 7.39. The van der Waals surface area contributed by atoms with Crippen LogP contribution in [0.3, 0.4) is 0 Å². The number of amides is 3. The fourth-order valence-corrected chi connectivity index (χ4v) is 5.34. The summed E-state index contributed by atoms with van der Waals surface area (Å²) in [6, 6.07) is 13.4. The number of carbonyl (C=O) groups excluding carboxylic acids is 3. The first-order chi connectivity index (χ1) is 18.0. The van der Waals surface area contributed by atoms with Crippen molar-refractivity contribution < 1.29 is 14.4 Å². The molecule has 0 saturated heterocycles. The molecule has 1 aliphatic carbocycles. The highest BCUT2D eigenvalue weighted by Crippen LogP contribution is 2.33. The molecule has 190 valence electrons. The van der Waals surface area contributed by atoms with Crippen LogP contribution in [0, 0.1) is 11.8 Å². The molecule has 2 aromatic heterocycles. The van der Waals surface area contributed by atoms with Gasteiger partial charge >= 0.3 is 0 Å². The van der Waals surface area contributed by atoms with Crippen LogP contribution in [0.5, 0.6) is 0 Å². The first-order valence-electron chi connectivity index (χ1n) is 12.5. The van der Waals surface area contributed by atoms with Crippen LogP contribution < -0.4 is 10.6 Å². The van der Waals surface area contributed by atoms with Crippen molar-refractivity contribution in [2.45, 2.75) is 38.1 Å². The highest BCUT2D eigenvalue weighted by Gasteiger charge is 2.38. The van der Waals surface area contributed by atoms with Crippen molar-refractivity contribution in [2.24, 2.45) is 11.8 Å². The third-order valence-electron chi connectivity index (χ3n) is 7.15. The van der Waals surface area contributed by atoms with Crippen LogP contribution >= 0.6 is 11.6 Å². The lowest BCUT2D eigenvalue weighted by molar-refractivity contribution is -0.121. The van der Waals surface area contributed by atoms with Gasteiger partial charge in [0, 0.05) is 42.5 Å². The van der Waals surface area contributed by atoms with Crippen LogP contribution in [0.4, 0.5) is 11.5 Å². The number of nitrogens with one attached hydrogen (secondary N) is 2. The van der Waals surface area contributed by atoms with Crippen LogP contribution in [-0.4, -0.2) is 45.2 Å². The number of anilines is 2. The van der Waals surface area contributed by atoms with E-state index in [2.05, 4.69) is 20.6 Å². The number of benzene rings is 1. The number of hydrogen-bond acceptors (Lipinski definition) is 5. The summed E-state index contributed by atoms with van der Waals surface area (Å²) in [6.07, 6.45) is 8.42. The molecule has 9 heteroatoms. The zero-order valence-electron chi connectivity index (χ0n) is 20.3. The van der Waals surface area contributed by atoms with Crippen molar-refractivity contribution in [2.75, 3.05) is 17.2 Å². The number of nitrogens with zero attached hydrogens (tertiary/aromatic N) is 3. The second kappa shape index (κ2) is 11.1. The lowest BCUT2D eigenvalue weighted by Crippen LogP contribution is -2.49.